The molecule has 1 amide bonds. The number of hydrogen-bond acceptors (Lipinski definition) is 3. The minimum atomic E-state index is 0.368. The van der Waals surface area contributed by atoms with Gasteiger partial charge in [0, 0.05) is 38.8 Å². The first-order chi connectivity index (χ1) is 7.31. The van der Waals surface area contributed by atoms with E-state index in [0.717, 1.165) is 45.3 Å². The quantitative estimate of drug-likeness (QED) is 0.718. The SMILES string of the molecule is NCN1CCC(N2CCCCC2=O)CC1. The second kappa shape index (κ2) is 4.94. The smallest absolute Gasteiger partial charge is 0.222 e. The predicted molar refractivity (Wildman–Crippen MR) is 59.2 cm³/mol. The van der Waals surface area contributed by atoms with Gasteiger partial charge in [-0.25, -0.2) is 0 Å². The lowest BCUT2D eigenvalue weighted by Gasteiger charge is -2.39. The van der Waals surface area contributed by atoms with E-state index in [1.54, 1.807) is 0 Å². The van der Waals surface area contributed by atoms with Crippen LogP contribution in [0.4, 0.5) is 0 Å². The molecule has 2 rings (SSSR count). The Bertz CT molecular complexity index is 224. The number of rotatable bonds is 2. The summed E-state index contributed by atoms with van der Waals surface area (Å²) in [5, 5.41) is 0. The molecule has 15 heavy (non-hydrogen) atoms. The summed E-state index contributed by atoms with van der Waals surface area (Å²) in [5.74, 6) is 0.368. The van der Waals surface area contributed by atoms with Gasteiger partial charge in [0.15, 0.2) is 0 Å². The number of carbonyl (C=O) groups excluding carboxylic acids is 1. The summed E-state index contributed by atoms with van der Waals surface area (Å²) in [5.41, 5.74) is 5.60. The zero-order valence-electron chi connectivity index (χ0n) is 9.32. The number of amides is 1. The van der Waals surface area contributed by atoms with E-state index < -0.39 is 0 Å². The van der Waals surface area contributed by atoms with Crippen LogP contribution in [0.5, 0.6) is 0 Å². The van der Waals surface area contributed by atoms with Gasteiger partial charge in [-0.2, -0.15) is 0 Å². The first-order valence-electron chi connectivity index (χ1n) is 6.03. The van der Waals surface area contributed by atoms with Crippen molar-refractivity contribution >= 4 is 5.91 Å². The van der Waals surface area contributed by atoms with Crippen molar-refractivity contribution in [1.29, 1.82) is 0 Å². The van der Waals surface area contributed by atoms with Crippen LogP contribution in [0.25, 0.3) is 0 Å². The third-order valence-electron chi connectivity index (χ3n) is 3.62. The maximum Gasteiger partial charge on any atom is 0.222 e. The van der Waals surface area contributed by atoms with Crippen molar-refractivity contribution in [2.24, 2.45) is 5.73 Å². The molecular formula is C11H21N3O. The highest BCUT2D eigenvalue weighted by Gasteiger charge is 2.28. The van der Waals surface area contributed by atoms with Gasteiger partial charge in [0.05, 0.1) is 0 Å². The fourth-order valence-electron chi connectivity index (χ4n) is 2.63. The fourth-order valence-corrected chi connectivity index (χ4v) is 2.63. The van der Waals surface area contributed by atoms with Gasteiger partial charge in [0.1, 0.15) is 0 Å². The van der Waals surface area contributed by atoms with Crippen molar-refractivity contribution in [2.45, 2.75) is 38.1 Å². The van der Waals surface area contributed by atoms with E-state index in [1.165, 1.54) is 6.42 Å². The molecule has 0 unspecified atom stereocenters. The molecule has 0 aromatic rings. The van der Waals surface area contributed by atoms with Gasteiger partial charge >= 0.3 is 0 Å². The van der Waals surface area contributed by atoms with E-state index in [4.69, 9.17) is 5.73 Å². The zero-order valence-corrected chi connectivity index (χ0v) is 9.32. The maximum absolute atomic E-state index is 11.7. The fraction of sp³-hybridized carbons (Fsp3) is 0.909. The summed E-state index contributed by atoms with van der Waals surface area (Å²) in [6.07, 6.45) is 5.23. The van der Waals surface area contributed by atoms with Gasteiger partial charge in [-0.15, -0.1) is 0 Å². The Balaban J connectivity index is 1.86. The molecule has 0 radical (unpaired) electrons. The van der Waals surface area contributed by atoms with Crippen molar-refractivity contribution in [3.05, 3.63) is 0 Å². The molecule has 0 aromatic heterocycles. The third-order valence-corrected chi connectivity index (χ3v) is 3.62. The molecule has 0 saturated carbocycles. The molecule has 2 aliphatic heterocycles. The molecule has 0 bridgehead atoms. The van der Waals surface area contributed by atoms with Gasteiger partial charge in [0.25, 0.3) is 0 Å². The lowest BCUT2D eigenvalue weighted by atomic mass is 10.00. The minimum absolute atomic E-state index is 0.368. The molecule has 2 aliphatic rings. The predicted octanol–water partition coefficient (Wildman–Crippen LogP) is 0.379. The van der Waals surface area contributed by atoms with E-state index in [9.17, 15) is 4.79 Å². The van der Waals surface area contributed by atoms with Crippen molar-refractivity contribution in [3.8, 4) is 0 Å². The van der Waals surface area contributed by atoms with Crippen molar-refractivity contribution < 1.29 is 4.79 Å². The van der Waals surface area contributed by atoms with Crippen LogP contribution in [-0.2, 0) is 4.79 Å². The number of nitrogens with two attached hydrogens (primary N) is 1. The van der Waals surface area contributed by atoms with E-state index in [0.29, 0.717) is 18.6 Å². The second-order valence-electron chi connectivity index (χ2n) is 4.58. The first kappa shape index (κ1) is 10.9. The van der Waals surface area contributed by atoms with E-state index in [1.807, 2.05) is 0 Å². The summed E-state index contributed by atoms with van der Waals surface area (Å²) < 4.78 is 0. The molecule has 2 saturated heterocycles. The maximum atomic E-state index is 11.7. The van der Waals surface area contributed by atoms with Crippen molar-refractivity contribution in [3.63, 3.8) is 0 Å². The summed E-state index contributed by atoms with van der Waals surface area (Å²) >= 11 is 0. The third kappa shape index (κ3) is 2.49. The van der Waals surface area contributed by atoms with Gasteiger partial charge < -0.3 is 10.6 Å². The standard InChI is InChI=1S/C11H21N3O/c12-9-13-7-4-10(5-8-13)14-6-2-1-3-11(14)15/h10H,1-9,12H2. The summed E-state index contributed by atoms with van der Waals surface area (Å²) in [6.45, 7) is 3.72. The van der Waals surface area contributed by atoms with Crippen LogP contribution in [0, 0.1) is 0 Å². The van der Waals surface area contributed by atoms with Crippen LogP contribution >= 0.6 is 0 Å². The van der Waals surface area contributed by atoms with Crippen LogP contribution in [0.1, 0.15) is 32.1 Å². The Kier molecular flexibility index (Phi) is 3.59. The Hall–Kier alpha value is -0.610. The van der Waals surface area contributed by atoms with Crippen LogP contribution in [0.2, 0.25) is 0 Å². The second-order valence-corrected chi connectivity index (χ2v) is 4.58. The molecule has 0 atom stereocenters. The molecule has 2 fully saturated rings. The average Bonchev–Trinajstić information content (AvgIpc) is 2.30. The summed E-state index contributed by atoms with van der Waals surface area (Å²) in [4.78, 5) is 16.1. The Morgan fingerprint density at radius 1 is 1.20 bits per heavy atom. The summed E-state index contributed by atoms with van der Waals surface area (Å²) in [7, 11) is 0. The van der Waals surface area contributed by atoms with Crippen LogP contribution in [0.15, 0.2) is 0 Å². The molecule has 0 aromatic carbocycles. The molecule has 4 heteroatoms. The normalized spacial score (nSPS) is 25.9. The average molecular weight is 211 g/mol. The van der Waals surface area contributed by atoms with Gasteiger partial charge in [-0.1, -0.05) is 0 Å². The van der Waals surface area contributed by atoms with E-state index in [2.05, 4.69) is 9.80 Å². The monoisotopic (exact) mass is 211 g/mol. The molecule has 2 N–H and O–H groups in total. The molecule has 4 nitrogen and oxygen atoms in total. The van der Waals surface area contributed by atoms with Crippen molar-refractivity contribution in [1.82, 2.24) is 9.80 Å². The van der Waals surface area contributed by atoms with Crippen LogP contribution in [0.3, 0.4) is 0 Å². The highest BCUT2D eigenvalue weighted by molar-refractivity contribution is 5.77. The molecule has 86 valence electrons. The highest BCUT2D eigenvalue weighted by Crippen LogP contribution is 2.21. The molecular weight excluding hydrogens is 190 g/mol. The van der Waals surface area contributed by atoms with E-state index in [-0.39, 0.29) is 0 Å². The van der Waals surface area contributed by atoms with Crippen LogP contribution in [-0.4, -0.2) is 48.1 Å². The number of carbonyl (C=O) groups is 1. The summed E-state index contributed by atoms with van der Waals surface area (Å²) in [6, 6.07) is 0.487. The molecule has 0 aliphatic carbocycles. The Labute approximate surface area is 91.4 Å². The largest absolute Gasteiger partial charge is 0.340 e. The number of piperidine rings is 2. The van der Waals surface area contributed by atoms with E-state index >= 15 is 0 Å². The molecule has 2 heterocycles. The van der Waals surface area contributed by atoms with Gasteiger partial charge in [-0.05, 0) is 25.7 Å². The Morgan fingerprint density at radius 3 is 2.53 bits per heavy atom. The zero-order chi connectivity index (χ0) is 10.7. The lowest BCUT2D eigenvalue weighted by molar-refractivity contribution is -0.136. The highest BCUT2D eigenvalue weighted by atomic mass is 16.2. The number of likely N-dealkylation sites (tertiary alicyclic amines) is 2. The molecule has 0 spiro atoms. The topological polar surface area (TPSA) is 49.6 Å². The number of nitrogens with zero attached hydrogens (tertiary/aromatic N) is 2. The first-order valence-corrected chi connectivity index (χ1v) is 6.03. The minimum Gasteiger partial charge on any atom is -0.340 e. The van der Waals surface area contributed by atoms with Gasteiger partial charge in [-0.3, -0.25) is 9.69 Å². The lowest BCUT2D eigenvalue weighted by Crippen LogP contribution is -2.49. The van der Waals surface area contributed by atoms with Crippen LogP contribution < -0.4 is 5.73 Å². The van der Waals surface area contributed by atoms with Gasteiger partial charge in [0.2, 0.25) is 5.91 Å². The Morgan fingerprint density at radius 2 is 1.93 bits per heavy atom. The number of hydrogen-bond donors (Lipinski definition) is 1. The van der Waals surface area contributed by atoms with Crippen molar-refractivity contribution in [2.75, 3.05) is 26.3 Å².